The molecule has 0 bridgehead atoms. The van der Waals surface area contributed by atoms with E-state index in [0.717, 1.165) is 17.7 Å². The Kier molecular flexibility index (Phi) is 3.87. The molecule has 2 rings (SSSR count). The van der Waals surface area contributed by atoms with Gasteiger partial charge in [0.05, 0.1) is 5.69 Å². The average Bonchev–Trinajstić information content (AvgIpc) is 2.67. The highest BCUT2D eigenvalue weighted by Gasteiger charge is 2.32. The van der Waals surface area contributed by atoms with Crippen LogP contribution in [0.5, 0.6) is 0 Å². The van der Waals surface area contributed by atoms with Gasteiger partial charge in [0, 0.05) is 12.1 Å². The highest BCUT2D eigenvalue weighted by atomic mass is 32.2. The van der Waals surface area contributed by atoms with E-state index in [1.165, 1.54) is 9.87 Å². The summed E-state index contributed by atoms with van der Waals surface area (Å²) >= 11 is 0. The number of hydrogen-bond donors (Lipinski definition) is 1. The zero-order valence-electron chi connectivity index (χ0n) is 13.8. The van der Waals surface area contributed by atoms with Crippen molar-refractivity contribution in [2.45, 2.75) is 58.9 Å². The van der Waals surface area contributed by atoms with Gasteiger partial charge >= 0.3 is 10.2 Å². The lowest BCUT2D eigenvalue weighted by Crippen LogP contribution is -2.48. The van der Waals surface area contributed by atoms with Crippen molar-refractivity contribution >= 4 is 15.9 Å². The zero-order chi connectivity index (χ0) is 16.1. The maximum Gasteiger partial charge on any atom is 0.302 e. The number of nitrogens with one attached hydrogen (secondary N) is 1. The predicted octanol–water partition coefficient (Wildman–Crippen LogP) is 2.98. The van der Waals surface area contributed by atoms with Gasteiger partial charge < -0.3 is 0 Å². The Morgan fingerprint density at radius 2 is 1.71 bits per heavy atom. The fraction of sp³-hybridized carbons (Fsp3) is 0.625. The third kappa shape index (κ3) is 3.58. The summed E-state index contributed by atoms with van der Waals surface area (Å²) in [6, 6.07) is 6.11. The lowest BCUT2D eigenvalue weighted by atomic mass is 9.86. The Morgan fingerprint density at radius 3 is 2.24 bits per heavy atom. The maximum absolute atomic E-state index is 12.5. The molecular weight excluding hydrogens is 284 g/mol. The van der Waals surface area contributed by atoms with Gasteiger partial charge in [-0.1, -0.05) is 32.9 Å². The lowest BCUT2D eigenvalue weighted by molar-refractivity contribution is 0.489. The van der Waals surface area contributed by atoms with Crippen molar-refractivity contribution in [2.24, 2.45) is 0 Å². The number of rotatable bonds is 2. The van der Waals surface area contributed by atoms with E-state index in [-0.39, 0.29) is 5.41 Å². The van der Waals surface area contributed by atoms with E-state index in [2.05, 4.69) is 31.6 Å². The van der Waals surface area contributed by atoms with Crippen LogP contribution in [0.4, 0.5) is 5.69 Å². The number of nitrogens with zero attached hydrogens (tertiary/aromatic N) is 1. The van der Waals surface area contributed by atoms with Crippen molar-refractivity contribution in [1.82, 2.24) is 4.72 Å². The number of benzene rings is 1. The summed E-state index contributed by atoms with van der Waals surface area (Å²) in [5, 5.41) is 0. The topological polar surface area (TPSA) is 49.4 Å². The molecule has 1 aromatic rings. The molecule has 0 atom stereocenters. The van der Waals surface area contributed by atoms with Gasteiger partial charge in [0.2, 0.25) is 0 Å². The number of hydrogen-bond acceptors (Lipinski definition) is 2. The van der Waals surface area contributed by atoms with Crippen molar-refractivity contribution in [3.63, 3.8) is 0 Å². The number of anilines is 1. The molecule has 0 aromatic heterocycles. The van der Waals surface area contributed by atoms with Gasteiger partial charge in [-0.05, 0) is 49.8 Å². The number of fused-ring (bicyclic) bond motifs is 1. The molecule has 21 heavy (non-hydrogen) atoms. The van der Waals surface area contributed by atoms with Crippen LogP contribution in [0, 0.1) is 0 Å². The van der Waals surface area contributed by atoms with Gasteiger partial charge in [0.1, 0.15) is 0 Å². The Bertz CT molecular complexity index is 637. The van der Waals surface area contributed by atoms with E-state index in [0.29, 0.717) is 6.54 Å². The summed E-state index contributed by atoms with van der Waals surface area (Å²) in [6.45, 7) is 12.6. The summed E-state index contributed by atoms with van der Waals surface area (Å²) in [7, 11) is -3.50. The molecule has 0 radical (unpaired) electrons. The molecule has 0 aliphatic carbocycles. The van der Waals surface area contributed by atoms with E-state index < -0.39 is 15.7 Å². The van der Waals surface area contributed by atoms with E-state index >= 15 is 0 Å². The molecule has 0 saturated heterocycles. The summed E-state index contributed by atoms with van der Waals surface area (Å²) in [4.78, 5) is 0. The van der Waals surface area contributed by atoms with Crippen molar-refractivity contribution < 1.29 is 8.42 Å². The first-order valence-electron chi connectivity index (χ1n) is 7.35. The van der Waals surface area contributed by atoms with Crippen molar-refractivity contribution in [1.29, 1.82) is 0 Å². The van der Waals surface area contributed by atoms with Gasteiger partial charge in [0.15, 0.2) is 0 Å². The first-order valence-corrected chi connectivity index (χ1v) is 8.79. The van der Waals surface area contributed by atoms with Gasteiger partial charge in [-0.3, -0.25) is 4.31 Å². The minimum absolute atomic E-state index is 0.0744. The fourth-order valence-corrected chi connectivity index (χ4v) is 4.18. The molecular formula is C16H26N2O2S. The van der Waals surface area contributed by atoms with Crippen LogP contribution in [0.25, 0.3) is 0 Å². The molecule has 0 saturated carbocycles. The molecule has 1 aliphatic heterocycles. The maximum atomic E-state index is 12.5. The summed E-state index contributed by atoms with van der Waals surface area (Å²) in [5.74, 6) is 0. The van der Waals surface area contributed by atoms with Gasteiger partial charge in [-0.2, -0.15) is 13.1 Å². The van der Waals surface area contributed by atoms with E-state index in [1.807, 2.05) is 32.9 Å². The van der Waals surface area contributed by atoms with Crippen molar-refractivity contribution in [2.75, 3.05) is 10.8 Å². The summed E-state index contributed by atoms with van der Waals surface area (Å²) in [6.07, 6.45) is 0.768. The average molecular weight is 310 g/mol. The second-order valence-corrected chi connectivity index (χ2v) is 9.37. The second kappa shape index (κ2) is 4.99. The van der Waals surface area contributed by atoms with E-state index in [9.17, 15) is 8.42 Å². The Morgan fingerprint density at radius 1 is 1.10 bits per heavy atom. The molecule has 0 amide bonds. The third-order valence-corrected chi connectivity index (χ3v) is 5.35. The molecule has 1 aromatic carbocycles. The fourth-order valence-electron chi connectivity index (χ4n) is 2.53. The molecule has 1 heterocycles. The van der Waals surface area contributed by atoms with Crippen LogP contribution in [0.1, 0.15) is 52.7 Å². The quantitative estimate of drug-likeness (QED) is 0.913. The first-order chi connectivity index (χ1) is 9.40. The smallest absolute Gasteiger partial charge is 0.257 e. The Labute approximate surface area is 128 Å². The highest BCUT2D eigenvalue weighted by Crippen LogP contribution is 2.34. The molecule has 0 fully saturated rings. The minimum atomic E-state index is -3.50. The molecule has 118 valence electrons. The van der Waals surface area contributed by atoms with Crippen LogP contribution in [0.15, 0.2) is 18.2 Å². The second-order valence-electron chi connectivity index (χ2n) is 7.77. The van der Waals surface area contributed by atoms with Crippen molar-refractivity contribution in [3.05, 3.63) is 29.3 Å². The Hall–Kier alpha value is -1.07. The zero-order valence-corrected chi connectivity index (χ0v) is 14.6. The molecule has 1 N–H and O–H groups in total. The van der Waals surface area contributed by atoms with Gasteiger partial charge in [0.25, 0.3) is 0 Å². The SMILES string of the molecule is CC(C)(C)NS(=O)(=O)N1CCc2cc(C(C)(C)C)ccc21. The molecule has 0 spiro atoms. The summed E-state index contributed by atoms with van der Waals surface area (Å²) in [5.41, 5.74) is 2.75. The molecule has 4 nitrogen and oxygen atoms in total. The normalized spacial score (nSPS) is 16.2. The van der Waals surface area contributed by atoms with Crippen LogP contribution >= 0.6 is 0 Å². The minimum Gasteiger partial charge on any atom is -0.257 e. The van der Waals surface area contributed by atoms with Crippen LogP contribution in [-0.4, -0.2) is 20.5 Å². The predicted molar refractivity (Wildman–Crippen MR) is 88.0 cm³/mol. The summed E-state index contributed by atoms with van der Waals surface area (Å²) < 4.78 is 29.2. The van der Waals surface area contributed by atoms with Gasteiger partial charge in [-0.15, -0.1) is 0 Å². The molecule has 5 heteroatoms. The molecule has 1 aliphatic rings. The van der Waals surface area contributed by atoms with Crippen LogP contribution in [0.3, 0.4) is 0 Å². The third-order valence-electron chi connectivity index (χ3n) is 3.52. The van der Waals surface area contributed by atoms with E-state index in [1.54, 1.807) is 0 Å². The monoisotopic (exact) mass is 310 g/mol. The molecule has 0 unspecified atom stereocenters. The largest absolute Gasteiger partial charge is 0.302 e. The van der Waals surface area contributed by atoms with E-state index in [4.69, 9.17) is 0 Å². The van der Waals surface area contributed by atoms with Gasteiger partial charge in [-0.25, -0.2) is 0 Å². The van der Waals surface area contributed by atoms with Crippen molar-refractivity contribution in [3.8, 4) is 0 Å². The Balaban J connectivity index is 2.35. The first kappa shape index (κ1) is 16.3. The lowest BCUT2D eigenvalue weighted by Gasteiger charge is -2.27. The van der Waals surface area contributed by atoms with Crippen LogP contribution < -0.4 is 9.03 Å². The van der Waals surface area contributed by atoms with Crippen LogP contribution in [-0.2, 0) is 22.0 Å². The van der Waals surface area contributed by atoms with Crippen LogP contribution in [0.2, 0.25) is 0 Å². The standard InChI is InChI=1S/C16H26N2O2S/c1-15(2,3)13-7-8-14-12(11-13)9-10-18(14)21(19,20)17-16(4,5)6/h7-8,11,17H,9-10H2,1-6H3. The highest BCUT2D eigenvalue weighted by molar-refractivity contribution is 7.91.